The van der Waals surface area contributed by atoms with Gasteiger partial charge in [-0.2, -0.15) is 0 Å². The molecule has 2 aromatic rings. The lowest BCUT2D eigenvalue weighted by Crippen LogP contribution is -2.54. The molecule has 1 atom stereocenters. The summed E-state index contributed by atoms with van der Waals surface area (Å²) in [5, 5.41) is 2.36. The van der Waals surface area contributed by atoms with Crippen LogP contribution in [0.15, 0.2) is 42.5 Å². The summed E-state index contributed by atoms with van der Waals surface area (Å²) in [6.45, 7) is 5.96. The van der Waals surface area contributed by atoms with Crippen molar-refractivity contribution >= 4 is 28.3 Å². The van der Waals surface area contributed by atoms with Gasteiger partial charge in [0.2, 0.25) is 11.8 Å². The van der Waals surface area contributed by atoms with Crippen LogP contribution in [-0.2, 0) is 9.59 Å². The lowest BCUT2D eigenvalue weighted by Gasteiger charge is -2.37. The molecule has 0 N–H and O–H groups in total. The van der Waals surface area contributed by atoms with Crippen LogP contribution in [0.1, 0.15) is 13.8 Å². The Bertz CT molecular complexity index is 781. The van der Waals surface area contributed by atoms with Crippen molar-refractivity contribution in [2.75, 3.05) is 38.1 Å². The molecule has 1 aliphatic heterocycles. The van der Waals surface area contributed by atoms with E-state index in [9.17, 15) is 9.59 Å². The minimum Gasteiger partial charge on any atom is -0.363 e. The third-order valence-corrected chi connectivity index (χ3v) is 5.12. The first-order chi connectivity index (χ1) is 12.0. The number of benzene rings is 2. The second-order valence-corrected chi connectivity index (χ2v) is 6.65. The highest BCUT2D eigenvalue weighted by atomic mass is 16.2. The molecular weight excluding hydrogens is 314 g/mol. The summed E-state index contributed by atoms with van der Waals surface area (Å²) in [4.78, 5) is 29.9. The van der Waals surface area contributed by atoms with Gasteiger partial charge in [0.05, 0.1) is 0 Å². The Morgan fingerprint density at radius 1 is 0.960 bits per heavy atom. The van der Waals surface area contributed by atoms with Crippen LogP contribution >= 0.6 is 0 Å². The van der Waals surface area contributed by atoms with Gasteiger partial charge in [0.1, 0.15) is 6.04 Å². The van der Waals surface area contributed by atoms with Gasteiger partial charge in [-0.1, -0.05) is 30.3 Å². The van der Waals surface area contributed by atoms with Gasteiger partial charge in [0, 0.05) is 45.8 Å². The van der Waals surface area contributed by atoms with Crippen molar-refractivity contribution in [1.82, 2.24) is 9.80 Å². The molecule has 1 unspecified atom stereocenters. The Labute approximate surface area is 148 Å². The molecular formula is C20H25N3O2. The molecule has 1 aliphatic rings. The Morgan fingerprint density at radius 2 is 1.56 bits per heavy atom. The molecule has 2 aromatic carbocycles. The second-order valence-electron chi connectivity index (χ2n) is 6.65. The monoisotopic (exact) mass is 339 g/mol. The molecule has 0 aliphatic carbocycles. The van der Waals surface area contributed by atoms with Crippen LogP contribution < -0.4 is 4.90 Å². The molecule has 0 spiro atoms. The summed E-state index contributed by atoms with van der Waals surface area (Å²) in [7, 11) is 1.96. The van der Waals surface area contributed by atoms with E-state index in [1.54, 1.807) is 11.8 Å². The standard InChI is InChI=1S/C20H25N3O2/c1-15(20(25)23-12-10-22(11-13-23)16(2)24)21(3)19-9-8-17-6-4-5-7-18(17)14-19/h4-9,14-15H,10-13H2,1-3H3. The van der Waals surface area contributed by atoms with Crippen molar-refractivity contribution in [1.29, 1.82) is 0 Å². The van der Waals surface area contributed by atoms with Crippen molar-refractivity contribution in [3.63, 3.8) is 0 Å². The number of amides is 2. The van der Waals surface area contributed by atoms with Gasteiger partial charge in [-0.25, -0.2) is 0 Å². The molecule has 0 bridgehead atoms. The first-order valence-electron chi connectivity index (χ1n) is 8.73. The number of piperazine rings is 1. The van der Waals surface area contributed by atoms with Crippen LogP contribution in [0.4, 0.5) is 5.69 Å². The zero-order valence-electron chi connectivity index (χ0n) is 15.1. The van der Waals surface area contributed by atoms with E-state index in [-0.39, 0.29) is 17.9 Å². The quantitative estimate of drug-likeness (QED) is 0.862. The van der Waals surface area contributed by atoms with Gasteiger partial charge < -0.3 is 14.7 Å². The first kappa shape index (κ1) is 17.3. The number of hydrogen-bond acceptors (Lipinski definition) is 3. The van der Waals surface area contributed by atoms with Crippen molar-refractivity contribution in [2.24, 2.45) is 0 Å². The Kier molecular flexibility index (Phi) is 4.93. The molecule has 5 heteroatoms. The van der Waals surface area contributed by atoms with E-state index < -0.39 is 0 Å². The fraction of sp³-hybridized carbons (Fsp3) is 0.400. The highest BCUT2D eigenvalue weighted by Gasteiger charge is 2.28. The molecule has 3 rings (SSSR count). The van der Waals surface area contributed by atoms with Crippen LogP contribution in [0.25, 0.3) is 10.8 Å². The molecule has 2 amide bonds. The maximum absolute atomic E-state index is 12.8. The van der Waals surface area contributed by atoms with E-state index in [2.05, 4.69) is 30.3 Å². The summed E-state index contributed by atoms with van der Waals surface area (Å²) in [6, 6.07) is 14.2. The number of anilines is 1. The van der Waals surface area contributed by atoms with Gasteiger partial charge >= 0.3 is 0 Å². The number of rotatable bonds is 3. The SMILES string of the molecule is CC(=O)N1CCN(C(=O)C(C)N(C)c2ccc3ccccc3c2)CC1. The lowest BCUT2D eigenvalue weighted by atomic mass is 10.1. The lowest BCUT2D eigenvalue weighted by molar-refractivity contribution is -0.139. The third-order valence-electron chi connectivity index (χ3n) is 5.12. The van der Waals surface area contributed by atoms with Crippen molar-refractivity contribution in [2.45, 2.75) is 19.9 Å². The molecule has 0 saturated carbocycles. The van der Waals surface area contributed by atoms with Crippen LogP contribution in [0.2, 0.25) is 0 Å². The largest absolute Gasteiger partial charge is 0.363 e. The highest BCUT2D eigenvalue weighted by Crippen LogP contribution is 2.23. The fourth-order valence-electron chi connectivity index (χ4n) is 3.29. The van der Waals surface area contributed by atoms with Crippen molar-refractivity contribution < 1.29 is 9.59 Å². The molecule has 0 aromatic heterocycles. The molecule has 132 valence electrons. The zero-order valence-corrected chi connectivity index (χ0v) is 15.1. The minimum absolute atomic E-state index is 0.0772. The summed E-state index contributed by atoms with van der Waals surface area (Å²) in [6.07, 6.45) is 0. The Balaban J connectivity index is 1.69. The van der Waals surface area contributed by atoms with Crippen molar-refractivity contribution in [3.8, 4) is 0 Å². The topological polar surface area (TPSA) is 43.9 Å². The normalized spacial score (nSPS) is 16.0. The van der Waals surface area contributed by atoms with Crippen LogP contribution in [0.3, 0.4) is 0 Å². The number of hydrogen-bond donors (Lipinski definition) is 0. The number of likely N-dealkylation sites (N-methyl/N-ethyl adjacent to an activating group) is 1. The predicted molar refractivity (Wildman–Crippen MR) is 101 cm³/mol. The minimum atomic E-state index is -0.245. The van der Waals surface area contributed by atoms with E-state index in [4.69, 9.17) is 0 Å². The van der Waals surface area contributed by atoms with E-state index in [0.717, 1.165) is 5.69 Å². The average molecular weight is 339 g/mol. The van der Waals surface area contributed by atoms with Gasteiger partial charge in [0.25, 0.3) is 0 Å². The molecule has 0 radical (unpaired) electrons. The van der Waals surface area contributed by atoms with E-state index in [1.165, 1.54) is 10.8 Å². The molecule has 1 saturated heterocycles. The predicted octanol–water partition coefficient (Wildman–Crippen LogP) is 2.36. The van der Waals surface area contributed by atoms with E-state index in [1.807, 2.05) is 35.9 Å². The fourth-order valence-corrected chi connectivity index (χ4v) is 3.29. The summed E-state index contributed by atoms with van der Waals surface area (Å²) < 4.78 is 0. The third kappa shape index (κ3) is 3.60. The molecule has 5 nitrogen and oxygen atoms in total. The van der Waals surface area contributed by atoms with Crippen LogP contribution in [0.5, 0.6) is 0 Å². The average Bonchev–Trinajstić information content (AvgIpc) is 2.65. The molecule has 25 heavy (non-hydrogen) atoms. The highest BCUT2D eigenvalue weighted by molar-refractivity contribution is 5.89. The Morgan fingerprint density at radius 3 is 2.20 bits per heavy atom. The van der Waals surface area contributed by atoms with Gasteiger partial charge in [-0.15, -0.1) is 0 Å². The van der Waals surface area contributed by atoms with Crippen LogP contribution in [0, 0.1) is 0 Å². The number of carbonyl (C=O) groups is 2. The maximum Gasteiger partial charge on any atom is 0.245 e. The second kappa shape index (κ2) is 7.13. The van der Waals surface area contributed by atoms with Crippen LogP contribution in [-0.4, -0.2) is 60.9 Å². The number of carbonyl (C=O) groups excluding carboxylic acids is 2. The Hall–Kier alpha value is -2.56. The van der Waals surface area contributed by atoms with Gasteiger partial charge in [-0.3, -0.25) is 9.59 Å². The first-order valence-corrected chi connectivity index (χ1v) is 8.73. The molecule has 1 heterocycles. The van der Waals surface area contributed by atoms with E-state index in [0.29, 0.717) is 26.2 Å². The smallest absolute Gasteiger partial charge is 0.245 e. The maximum atomic E-state index is 12.8. The number of fused-ring (bicyclic) bond motifs is 1. The summed E-state index contributed by atoms with van der Waals surface area (Å²) in [5.74, 6) is 0.187. The van der Waals surface area contributed by atoms with Crippen molar-refractivity contribution in [3.05, 3.63) is 42.5 Å². The summed E-state index contributed by atoms with van der Waals surface area (Å²) in [5.41, 5.74) is 1.03. The van der Waals surface area contributed by atoms with Gasteiger partial charge in [0.15, 0.2) is 0 Å². The number of nitrogens with zero attached hydrogens (tertiary/aromatic N) is 3. The molecule has 1 fully saturated rings. The summed E-state index contributed by atoms with van der Waals surface area (Å²) >= 11 is 0. The zero-order chi connectivity index (χ0) is 18.0. The van der Waals surface area contributed by atoms with E-state index >= 15 is 0 Å². The van der Waals surface area contributed by atoms with Gasteiger partial charge in [-0.05, 0) is 29.8 Å².